The Labute approximate surface area is 167 Å². The van der Waals surface area contributed by atoms with Crippen LogP contribution in [0.5, 0.6) is 0 Å². The largest absolute Gasteiger partial charge is 0.364 e. The molecule has 3 heterocycles. The Morgan fingerprint density at radius 3 is 2.79 bits per heavy atom. The molecule has 0 bridgehead atoms. The van der Waals surface area contributed by atoms with Crippen LogP contribution in [-0.4, -0.2) is 37.9 Å². The molecular formula is C21H25FN4O3. The normalized spacial score (nSPS) is 25.0. The number of likely N-dealkylation sites (tertiary alicyclic amines) is 1. The molecule has 1 atom stereocenters. The van der Waals surface area contributed by atoms with Gasteiger partial charge in [0.15, 0.2) is 5.82 Å². The molecular weight excluding hydrogens is 375 g/mol. The van der Waals surface area contributed by atoms with Gasteiger partial charge in [0.2, 0.25) is 0 Å². The fourth-order valence-electron chi connectivity index (χ4n) is 4.97. The first-order valence-corrected chi connectivity index (χ1v) is 10.4. The van der Waals surface area contributed by atoms with E-state index in [1.54, 1.807) is 12.1 Å². The van der Waals surface area contributed by atoms with Gasteiger partial charge in [-0.3, -0.25) is 19.1 Å². The van der Waals surface area contributed by atoms with Crippen LogP contribution in [0.15, 0.2) is 33.9 Å². The molecule has 3 aliphatic rings. The highest BCUT2D eigenvalue weighted by Crippen LogP contribution is 2.32. The predicted octanol–water partition coefficient (Wildman–Crippen LogP) is 1.83. The Bertz CT molecular complexity index is 1040. The minimum Gasteiger partial charge on any atom is -0.364 e. The first kappa shape index (κ1) is 18.7. The van der Waals surface area contributed by atoms with Crippen molar-refractivity contribution in [2.24, 2.45) is 0 Å². The molecule has 8 heteroatoms. The molecule has 1 aromatic heterocycles. The maximum Gasteiger partial charge on any atom is 0.332 e. The second-order valence-corrected chi connectivity index (χ2v) is 8.56. The quantitative estimate of drug-likeness (QED) is 0.736. The Kier molecular flexibility index (Phi) is 4.63. The smallest absolute Gasteiger partial charge is 0.332 e. The lowest BCUT2D eigenvalue weighted by molar-refractivity contribution is -0.0860. The van der Waals surface area contributed by atoms with Crippen LogP contribution in [0.3, 0.4) is 0 Å². The monoisotopic (exact) mass is 400 g/mol. The van der Waals surface area contributed by atoms with Crippen LogP contribution in [0.2, 0.25) is 0 Å². The van der Waals surface area contributed by atoms with Gasteiger partial charge in [0.25, 0.3) is 0 Å². The molecule has 0 radical (unpaired) electrons. The average Bonchev–Trinajstić information content (AvgIpc) is 3.36. The van der Waals surface area contributed by atoms with E-state index in [4.69, 9.17) is 4.74 Å². The number of rotatable bonds is 3. The van der Waals surface area contributed by atoms with E-state index >= 15 is 0 Å². The van der Waals surface area contributed by atoms with Gasteiger partial charge in [-0.15, -0.1) is 0 Å². The molecule has 1 saturated heterocycles. The maximum atomic E-state index is 13.5. The van der Waals surface area contributed by atoms with Crippen molar-refractivity contribution < 1.29 is 9.13 Å². The highest BCUT2D eigenvalue weighted by atomic mass is 19.1. The first-order chi connectivity index (χ1) is 14.0. The van der Waals surface area contributed by atoms with Crippen molar-refractivity contribution in [3.05, 3.63) is 62.2 Å². The number of fused-ring (bicyclic) bond motifs is 1. The van der Waals surface area contributed by atoms with Crippen molar-refractivity contribution in [2.45, 2.75) is 63.4 Å². The number of benzene rings is 1. The molecule has 0 amide bonds. The Morgan fingerprint density at radius 2 is 2.00 bits per heavy atom. The topological polar surface area (TPSA) is 69.4 Å². The molecule has 0 unspecified atom stereocenters. The number of aromatic nitrogens is 3. The summed E-state index contributed by atoms with van der Waals surface area (Å²) in [6, 6.07) is 6.64. The molecule has 2 fully saturated rings. The van der Waals surface area contributed by atoms with E-state index in [1.165, 1.54) is 15.3 Å². The minimum absolute atomic E-state index is 0.0326. The number of hydrogen-bond acceptors (Lipinski definition) is 5. The standard InChI is InChI=1S/C21H25FN4O3/c22-16-5-3-4-15(10-16)11-24-9-8-21(13-24)14-25-18(12-29-21)23-26(20(28)19(25)27)17-6-1-2-7-17/h3-5,10,17H,1-2,6-9,11-14H2/t21-/m0/s1. The predicted molar refractivity (Wildman–Crippen MR) is 104 cm³/mol. The molecule has 1 saturated carbocycles. The van der Waals surface area contributed by atoms with E-state index in [9.17, 15) is 14.0 Å². The second-order valence-electron chi connectivity index (χ2n) is 8.56. The van der Waals surface area contributed by atoms with Crippen LogP contribution in [0.25, 0.3) is 0 Å². The number of halogens is 1. The molecule has 7 nitrogen and oxygen atoms in total. The van der Waals surface area contributed by atoms with Crippen molar-refractivity contribution in [1.29, 1.82) is 0 Å². The lowest BCUT2D eigenvalue weighted by Crippen LogP contribution is -2.53. The third-order valence-electron chi connectivity index (χ3n) is 6.49. The SMILES string of the molecule is O=c1c(=O)n2c(nn1C1CCCC1)CO[C@]1(CCN(Cc3cccc(F)c3)C1)C2. The van der Waals surface area contributed by atoms with Gasteiger partial charge in [-0.25, -0.2) is 9.07 Å². The van der Waals surface area contributed by atoms with Gasteiger partial charge in [-0.05, 0) is 37.0 Å². The van der Waals surface area contributed by atoms with E-state index in [-0.39, 0.29) is 18.5 Å². The van der Waals surface area contributed by atoms with Crippen molar-refractivity contribution >= 4 is 0 Å². The van der Waals surface area contributed by atoms with E-state index in [0.29, 0.717) is 25.5 Å². The number of nitrogens with zero attached hydrogens (tertiary/aromatic N) is 4. The van der Waals surface area contributed by atoms with E-state index in [1.807, 2.05) is 6.07 Å². The van der Waals surface area contributed by atoms with Crippen molar-refractivity contribution in [3.63, 3.8) is 0 Å². The molecule has 5 rings (SSSR count). The van der Waals surface area contributed by atoms with Gasteiger partial charge in [-0.1, -0.05) is 25.0 Å². The molecule has 2 aliphatic heterocycles. The van der Waals surface area contributed by atoms with Gasteiger partial charge in [0.05, 0.1) is 12.6 Å². The second kappa shape index (κ2) is 7.18. The van der Waals surface area contributed by atoms with Crippen LogP contribution < -0.4 is 11.1 Å². The molecule has 1 aliphatic carbocycles. The van der Waals surface area contributed by atoms with Crippen LogP contribution in [0, 0.1) is 5.82 Å². The zero-order valence-corrected chi connectivity index (χ0v) is 16.3. The van der Waals surface area contributed by atoms with Crippen molar-refractivity contribution in [2.75, 3.05) is 13.1 Å². The fourth-order valence-corrected chi connectivity index (χ4v) is 4.97. The summed E-state index contributed by atoms with van der Waals surface area (Å²) in [5.41, 5.74) is -0.602. The summed E-state index contributed by atoms with van der Waals surface area (Å²) in [6.07, 6.45) is 4.70. The molecule has 0 N–H and O–H groups in total. The lowest BCUT2D eigenvalue weighted by Gasteiger charge is -2.35. The van der Waals surface area contributed by atoms with Gasteiger partial charge in [0, 0.05) is 19.6 Å². The molecule has 1 aromatic carbocycles. The first-order valence-electron chi connectivity index (χ1n) is 10.4. The zero-order valence-electron chi connectivity index (χ0n) is 16.3. The molecule has 29 heavy (non-hydrogen) atoms. The lowest BCUT2D eigenvalue weighted by atomic mass is 10.0. The summed E-state index contributed by atoms with van der Waals surface area (Å²) >= 11 is 0. The zero-order chi connectivity index (χ0) is 20.0. The third kappa shape index (κ3) is 3.44. The van der Waals surface area contributed by atoms with E-state index in [0.717, 1.165) is 44.2 Å². The Morgan fingerprint density at radius 1 is 1.17 bits per heavy atom. The number of ether oxygens (including phenoxy) is 1. The summed E-state index contributed by atoms with van der Waals surface area (Å²) in [4.78, 5) is 27.7. The molecule has 2 aromatic rings. The van der Waals surface area contributed by atoms with Crippen LogP contribution in [0.1, 0.15) is 49.5 Å². The summed E-state index contributed by atoms with van der Waals surface area (Å²) in [5.74, 6) is 0.297. The minimum atomic E-state index is -0.521. The van der Waals surface area contributed by atoms with Crippen LogP contribution >= 0.6 is 0 Å². The Hall–Kier alpha value is -2.32. The van der Waals surface area contributed by atoms with E-state index < -0.39 is 16.7 Å². The molecule has 1 spiro atoms. The van der Waals surface area contributed by atoms with Gasteiger partial charge in [0.1, 0.15) is 18.0 Å². The van der Waals surface area contributed by atoms with Gasteiger partial charge < -0.3 is 4.74 Å². The van der Waals surface area contributed by atoms with Crippen molar-refractivity contribution in [1.82, 2.24) is 19.2 Å². The van der Waals surface area contributed by atoms with Crippen molar-refractivity contribution in [3.8, 4) is 0 Å². The van der Waals surface area contributed by atoms with Gasteiger partial charge >= 0.3 is 11.1 Å². The van der Waals surface area contributed by atoms with Gasteiger partial charge in [-0.2, -0.15) is 5.10 Å². The summed E-state index contributed by atoms with van der Waals surface area (Å²) < 4.78 is 22.6. The highest BCUT2D eigenvalue weighted by Gasteiger charge is 2.43. The Balaban J connectivity index is 1.36. The highest BCUT2D eigenvalue weighted by molar-refractivity contribution is 5.16. The van der Waals surface area contributed by atoms with Crippen LogP contribution in [0.4, 0.5) is 4.39 Å². The summed E-state index contributed by atoms with van der Waals surface area (Å²) in [5, 5.41) is 4.49. The fraction of sp³-hybridized carbons (Fsp3) is 0.571. The summed E-state index contributed by atoms with van der Waals surface area (Å²) in [6.45, 7) is 2.64. The summed E-state index contributed by atoms with van der Waals surface area (Å²) in [7, 11) is 0. The number of hydrogen-bond donors (Lipinski definition) is 0. The maximum absolute atomic E-state index is 13.5. The van der Waals surface area contributed by atoms with Crippen LogP contribution in [-0.2, 0) is 24.4 Å². The third-order valence-corrected chi connectivity index (χ3v) is 6.49. The molecule has 154 valence electrons. The van der Waals surface area contributed by atoms with E-state index in [2.05, 4.69) is 10.00 Å². The average molecular weight is 400 g/mol.